The highest BCUT2D eigenvalue weighted by Gasteiger charge is 2.17. The summed E-state index contributed by atoms with van der Waals surface area (Å²) in [4.78, 5) is 20.8. The lowest BCUT2D eigenvalue weighted by atomic mass is 10.2. The van der Waals surface area contributed by atoms with Crippen LogP contribution in [-0.2, 0) is 7.05 Å². The number of para-hydroxylation sites is 1. The second-order valence-electron chi connectivity index (χ2n) is 8.45. The Hall–Kier alpha value is -4.37. The number of rotatable bonds is 6. The molecule has 3 aromatic heterocycles. The Bertz CT molecular complexity index is 1630. The molecule has 0 amide bonds. The molecule has 0 fully saturated rings. The molecule has 5 rings (SSSR count). The van der Waals surface area contributed by atoms with E-state index >= 15 is 0 Å². The van der Waals surface area contributed by atoms with E-state index < -0.39 is 0 Å². The summed E-state index contributed by atoms with van der Waals surface area (Å²) in [5.41, 5.74) is 4.52. The minimum absolute atomic E-state index is 0.191. The molecule has 0 radical (unpaired) electrons. The van der Waals surface area contributed by atoms with Gasteiger partial charge in [0.1, 0.15) is 5.69 Å². The maximum atomic E-state index is 13.4. The normalized spacial score (nSPS) is 12.1. The number of benzene rings is 2. The van der Waals surface area contributed by atoms with Crippen molar-refractivity contribution in [1.82, 2.24) is 14.0 Å². The zero-order valence-corrected chi connectivity index (χ0v) is 21.3. The van der Waals surface area contributed by atoms with Crippen LogP contribution in [0.3, 0.4) is 0 Å². The number of furan rings is 1. The number of nitrogens with zero attached hydrogens (tertiary/aromatic N) is 6. The quantitative estimate of drug-likeness (QED) is 0.316. The Labute approximate surface area is 212 Å². The van der Waals surface area contributed by atoms with Crippen molar-refractivity contribution in [3.63, 3.8) is 0 Å². The molecule has 8 nitrogen and oxygen atoms in total. The van der Waals surface area contributed by atoms with Crippen LogP contribution in [0.4, 0.5) is 11.4 Å². The molecule has 2 aromatic carbocycles. The molecule has 0 aliphatic heterocycles. The minimum Gasteiger partial charge on any atom is -0.463 e. The Morgan fingerprint density at radius 3 is 2.42 bits per heavy atom. The van der Waals surface area contributed by atoms with Gasteiger partial charge >= 0.3 is 0 Å². The minimum atomic E-state index is -0.191. The van der Waals surface area contributed by atoms with Crippen molar-refractivity contribution in [2.24, 2.45) is 17.1 Å². The second-order valence-corrected chi connectivity index (χ2v) is 9.28. The molecule has 182 valence electrons. The molecule has 0 saturated carbocycles. The molecule has 9 heteroatoms. The molecule has 0 N–H and O–H groups in total. The van der Waals surface area contributed by atoms with E-state index in [0.717, 1.165) is 28.3 Å². The predicted octanol–water partition coefficient (Wildman–Crippen LogP) is 4.79. The van der Waals surface area contributed by atoms with Crippen molar-refractivity contribution in [3.05, 3.63) is 105 Å². The molecule has 36 heavy (non-hydrogen) atoms. The fraction of sp³-hybridized carbons (Fsp3) is 0.148. The zero-order valence-electron chi connectivity index (χ0n) is 20.5. The van der Waals surface area contributed by atoms with Crippen LogP contribution in [0.15, 0.2) is 97.7 Å². The molecular weight excluding hydrogens is 472 g/mol. The van der Waals surface area contributed by atoms with Crippen LogP contribution in [0.5, 0.6) is 0 Å². The van der Waals surface area contributed by atoms with Gasteiger partial charge in [0, 0.05) is 32.2 Å². The monoisotopic (exact) mass is 498 g/mol. The molecule has 0 bridgehead atoms. The number of thiazole rings is 1. The van der Waals surface area contributed by atoms with E-state index in [1.165, 1.54) is 11.3 Å². The number of hydrogen-bond donors (Lipinski definition) is 0. The van der Waals surface area contributed by atoms with Gasteiger partial charge in [-0.05, 0) is 48.9 Å². The Morgan fingerprint density at radius 1 is 1.00 bits per heavy atom. The fourth-order valence-electron chi connectivity index (χ4n) is 3.84. The lowest BCUT2D eigenvalue weighted by Crippen LogP contribution is -2.19. The first-order valence-electron chi connectivity index (χ1n) is 11.4. The standard InChI is InChI=1S/C27H26N6O2S/c1-19-25(26(34)33(31(19)4)22-9-6-5-7-10-22)29-27-32(23(18-36-27)24-11-8-16-35-24)28-17-20-12-14-21(15-13-20)30(2)3/h5-18H,1-4H3. The Kier molecular flexibility index (Phi) is 6.30. The molecular formula is C27H26N6O2S. The summed E-state index contributed by atoms with van der Waals surface area (Å²) in [7, 11) is 5.87. The van der Waals surface area contributed by atoms with Crippen LogP contribution in [-0.4, -0.2) is 34.3 Å². The second kappa shape index (κ2) is 9.71. The summed E-state index contributed by atoms with van der Waals surface area (Å²) in [5, 5.41) is 6.66. The first-order valence-corrected chi connectivity index (χ1v) is 12.3. The van der Waals surface area contributed by atoms with E-state index in [-0.39, 0.29) is 5.56 Å². The van der Waals surface area contributed by atoms with Crippen molar-refractivity contribution in [1.29, 1.82) is 0 Å². The van der Waals surface area contributed by atoms with Gasteiger partial charge in [-0.25, -0.2) is 14.4 Å². The van der Waals surface area contributed by atoms with Crippen LogP contribution in [0, 0.1) is 6.92 Å². The summed E-state index contributed by atoms with van der Waals surface area (Å²) in [5.74, 6) is 0.666. The smallest absolute Gasteiger partial charge is 0.297 e. The van der Waals surface area contributed by atoms with Crippen LogP contribution >= 0.6 is 11.3 Å². The maximum Gasteiger partial charge on any atom is 0.297 e. The fourth-order valence-corrected chi connectivity index (χ4v) is 4.67. The molecule has 0 saturated heterocycles. The van der Waals surface area contributed by atoms with Gasteiger partial charge < -0.3 is 9.32 Å². The third-order valence-electron chi connectivity index (χ3n) is 5.92. The van der Waals surface area contributed by atoms with Crippen molar-refractivity contribution in [3.8, 4) is 17.1 Å². The van der Waals surface area contributed by atoms with E-state index in [1.807, 2.05) is 110 Å². The maximum absolute atomic E-state index is 13.4. The van der Waals surface area contributed by atoms with Gasteiger partial charge in [0.05, 0.1) is 23.9 Å². The molecule has 0 unspecified atom stereocenters. The Morgan fingerprint density at radius 2 is 1.75 bits per heavy atom. The van der Waals surface area contributed by atoms with Gasteiger partial charge in [0.2, 0.25) is 4.80 Å². The van der Waals surface area contributed by atoms with Crippen molar-refractivity contribution < 1.29 is 4.42 Å². The number of aromatic nitrogens is 3. The first-order chi connectivity index (χ1) is 17.4. The van der Waals surface area contributed by atoms with Gasteiger partial charge in [0.25, 0.3) is 5.56 Å². The highest BCUT2D eigenvalue weighted by atomic mass is 32.1. The topological polar surface area (TPSA) is 73.0 Å². The van der Waals surface area contributed by atoms with Gasteiger partial charge in [-0.2, -0.15) is 5.10 Å². The van der Waals surface area contributed by atoms with E-state index in [2.05, 4.69) is 0 Å². The highest BCUT2D eigenvalue weighted by molar-refractivity contribution is 7.07. The molecule has 3 heterocycles. The van der Waals surface area contributed by atoms with Crippen LogP contribution in [0.1, 0.15) is 11.3 Å². The lowest BCUT2D eigenvalue weighted by molar-refractivity contribution is 0.575. The third-order valence-corrected chi connectivity index (χ3v) is 6.74. The van der Waals surface area contributed by atoms with Gasteiger partial charge in [-0.3, -0.25) is 9.48 Å². The third kappa shape index (κ3) is 4.36. The lowest BCUT2D eigenvalue weighted by Gasteiger charge is -2.11. The summed E-state index contributed by atoms with van der Waals surface area (Å²) >= 11 is 1.40. The van der Waals surface area contributed by atoms with Crippen molar-refractivity contribution in [2.75, 3.05) is 19.0 Å². The average Bonchev–Trinajstić information content (AvgIpc) is 3.60. The summed E-state index contributed by atoms with van der Waals surface area (Å²) < 4.78 is 10.8. The summed E-state index contributed by atoms with van der Waals surface area (Å²) in [6, 6.07) is 21.3. The predicted molar refractivity (Wildman–Crippen MR) is 145 cm³/mol. The molecule has 5 aromatic rings. The van der Waals surface area contributed by atoms with Gasteiger partial charge in [-0.1, -0.05) is 30.3 Å². The number of anilines is 1. The van der Waals surface area contributed by atoms with E-state index in [1.54, 1.807) is 21.8 Å². The van der Waals surface area contributed by atoms with E-state index in [9.17, 15) is 4.79 Å². The van der Waals surface area contributed by atoms with Crippen LogP contribution in [0.25, 0.3) is 17.1 Å². The highest BCUT2D eigenvalue weighted by Crippen LogP contribution is 2.22. The summed E-state index contributed by atoms with van der Waals surface area (Å²) in [6.07, 6.45) is 3.40. The average molecular weight is 499 g/mol. The Balaban J connectivity index is 1.63. The largest absolute Gasteiger partial charge is 0.463 e. The molecule has 0 spiro atoms. The van der Waals surface area contributed by atoms with E-state index in [4.69, 9.17) is 14.5 Å². The summed E-state index contributed by atoms with van der Waals surface area (Å²) in [6.45, 7) is 1.89. The molecule has 0 atom stereocenters. The van der Waals surface area contributed by atoms with Crippen molar-refractivity contribution in [2.45, 2.75) is 6.92 Å². The number of hydrogen-bond acceptors (Lipinski definition) is 6. The van der Waals surface area contributed by atoms with Gasteiger partial charge in [0.15, 0.2) is 11.4 Å². The molecule has 0 aliphatic carbocycles. The van der Waals surface area contributed by atoms with E-state index in [0.29, 0.717) is 16.2 Å². The van der Waals surface area contributed by atoms with Crippen LogP contribution < -0.4 is 15.3 Å². The SMILES string of the molecule is Cc1c(N=c2scc(-c3ccco3)n2N=Cc2ccc(N(C)C)cc2)c(=O)n(-c2ccccc2)n1C. The first kappa shape index (κ1) is 23.4. The van der Waals surface area contributed by atoms with Crippen LogP contribution in [0.2, 0.25) is 0 Å². The van der Waals surface area contributed by atoms with Gasteiger partial charge in [-0.15, -0.1) is 11.3 Å². The molecule has 0 aliphatic rings. The zero-order chi connectivity index (χ0) is 25.2. The van der Waals surface area contributed by atoms with Crippen molar-refractivity contribution >= 4 is 28.9 Å².